The number of carbonyl (C=O) groups is 1. The molecule has 0 bridgehead atoms. The van der Waals surface area contributed by atoms with Crippen LogP contribution in [0.5, 0.6) is 5.75 Å². The first-order chi connectivity index (χ1) is 8.11. The first-order valence-electron chi connectivity index (χ1n) is 5.37. The van der Waals surface area contributed by atoms with Crippen molar-refractivity contribution in [3.63, 3.8) is 0 Å². The Morgan fingerprint density at radius 3 is 2.82 bits per heavy atom. The summed E-state index contributed by atoms with van der Waals surface area (Å²) < 4.78 is 10.8. The summed E-state index contributed by atoms with van der Waals surface area (Å²) in [5, 5.41) is 1.01. The Morgan fingerprint density at radius 2 is 2.18 bits per heavy atom. The molecule has 0 saturated carbocycles. The minimum absolute atomic E-state index is 0.00226. The number of aryl methyl sites for hydroxylation is 1. The summed E-state index contributed by atoms with van der Waals surface area (Å²) in [6.45, 7) is 3.47. The van der Waals surface area contributed by atoms with Crippen LogP contribution >= 0.6 is 0 Å². The van der Waals surface area contributed by atoms with Crippen LogP contribution in [0.1, 0.15) is 18.2 Å². The van der Waals surface area contributed by atoms with Crippen molar-refractivity contribution in [3.05, 3.63) is 35.6 Å². The second kappa shape index (κ2) is 4.45. The topological polar surface area (TPSA) is 39.4 Å². The van der Waals surface area contributed by atoms with Gasteiger partial charge in [-0.15, -0.1) is 0 Å². The summed E-state index contributed by atoms with van der Waals surface area (Å²) in [6, 6.07) is 5.65. The van der Waals surface area contributed by atoms with Gasteiger partial charge in [-0.25, -0.2) is 0 Å². The first kappa shape index (κ1) is 11.5. The molecule has 0 aliphatic rings. The molecule has 0 radical (unpaired) electrons. The van der Waals surface area contributed by atoms with Gasteiger partial charge in [-0.3, -0.25) is 4.79 Å². The van der Waals surface area contributed by atoms with Gasteiger partial charge in [-0.2, -0.15) is 0 Å². The molecule has 0 saturated heterocycles. The van der Waals surface area contributed by atoms with Gasteiger partial charge >= 0.3 is 0 Å². The lowest BCUT2D eigenvalue weighted by atomic mass is 10.1. The van der Waals surface area contributed by atoms with Crippen molar-refractivity contribution in [1.29, 1.82) is 0 Å². The highest BCUT2D eigenvalue weighted by atomic mass is 16.5. The molecule has 2 rings (SSSR count). The van der Waals surface area contributed by atoms with Crippen LogP contribution in [-0.2, 0) is 4.79 Å². The summed E-state index contributed by atoms with van der Waals surface area (Å²) in [7, 11) is 1.63. The molecule has 0 N–H and O–H groups in total. The molecular formula is C14H14O3. The fraction of sp³-hybridized carbons (Fsp3) is 0.214. The van der Waals surface area contributed by atoms with E-state index in [0.717, 1.165) is 22.3 Å². The van der Waals surface area contributed by atoms with E-state index in [1.807, 2.05) is 25.1 Å². The first-order valence-corrected chi connectivity index (χ1v) is 5.37. The van der Waals surface area contributed by atoms with E-state index in [4.69, 9.17) is 9.15 Å². The molecule has 88 valence electrons. The van der Waals surface area contributed by atoms with Gasteiger partial charge < -0.3 is 9.15 Å². The maximum atomic E-state index is 10.9. The molecule has 2 aromatic rings. The highest BCUT2D eigenvalue weighted by Crippen LogP contribution is 2.29. The zero-order valence-corrected chi connectivity index (χ0v) is 10.1. The minimum Gasteiger partial charge on any atom is -0.497 e. The highest BCUT2D eigenvalue weighted by Gasteiger charge is 2.08. The van der Waals surface area contributed by atoms with Gasteiger partial charge in [-0.1, -0.05) is 0 Å². The number of ether oxygens (including phenoxy) is 1. The number of benzene rings is 1. The Bertz CT molecular complexity index is 591. The maximum Gasteiger partial charge on any atom is 0.152 e. The predicted octanol–water partition coefficient (Wildman–Crippen LogP) is 3.35. The average Bonchev–Trinajstić information content (AvgIpc) is 2.63. The number of hydrogen-bond donors (Lipinski definition) is 0. The average molecular weight is 230 g/mol. The molecule has 0 aliphatic heterocycles. The third-order valence-corrected chi connectivity index (χ3v) is 2.65. The second-order valence-electron chi connectivity index (χ2n) is 3.90. The third kappa shape index (κ3) is 2.23. The fourth-order valence-corrected chi connectivity index (χ4v) is 1.70. The molecule has 0 amide bonds. The third-order valence-electron chi connectivity index (χ3n) is 2.65. The van der Waals surface area contributed by atoms with Crippen molar-refractivity contribution in [2.75, 3.05) is 7.11 Å². The Balaban J connectivity index is 2.53. The molecule has 1 aromatic heterocycles. The normalized spacial score (nSPS) is 11.2. The van der Waals surface area contributed by atoms with Crippen LogP contribution in [0.15, 0.2) is 28.7 Å². The van der Waals surface area contributed by atoms with Crippen molar-refractivity contribution in [1.82, 2.24) is 0 Å². The number of ketones is 1. The number of carbonyl (C=O) groups excluding carboxylic acids is 1. The van der Waals surface area contributed by atoms with Crippen LogP contribution < -0.4 is 4.74 Å². The molecule has 3 nitrogen and oxygen atoms in total. The van der Waals surface area contributed by atoms with Crippen LogP contribution in [0.2, 0.25) is 0 Å². The largest absolute Gasteiger partial charge is 0.497 e. The van der Waals surface area contributed by atoms with Crippen LogP contribution in [0.4, 0.5) is 0 Å². The lowest BCUT2D eigenvalue weighted by molar-refractivity contribution is -0.112. The predicted molar refractivity (Wildman–Crippen MR) is 67.2 cm³/mol. The van der Waals surface area contributed by atoms with E-state index in [0.29, 0.717) is 5.76 Å². The number of rotatable bonds is 3. The molecule has 0 atom stereocenters. The zero-order valence-electron chi connectivity index (χ0n) is 10.1. The maximum absolute atomic E-state index is 10.9. The monoisotopic (exact) mass is 230 g/mol. The molecule has 0 unspecified atom stereocenters. The summed E-state index contributed by atoms with van der Waals surface area (Å²) >= 11 is 0. The van der Waals surface area contributed by atoms with E-state index in [-0.39, 0.29) is 5.78 Å². The van der Waals surface area contributed by atoms with E-state index >= 15 is 0 Å². The second-order valence-corrected chi connectivity index (χ2v) is 3.90. The van der Waals surface area contributed by atoms with Gasteiger partial charge in [0.25, 0.3) is 0 Å². The minimum atomic E-state index is 0.00226. The van der Waals surface area contributed by atoms with Gasteiger partial charge in [0.1, 0.15) is 17.1 Å². The van der Waals surface area contributed by atoms with Crippen LogP contribution in [-0.4, -0.2) is 12.9 Å². The number of allylic oxidation sites excluding steroid dienone is 1. The lowest BCUT2D eigenvalue weighted by Gasteiger charge is -1.97. The van der Waals surface area contributed by atoms with Gasteiger partial charge in [0.2, 0.25) is 0 Å². The Labute approximate surface area is 99.7 Å². The molecule has 0 fully saturated rings. The number of methoxy groups -OCH3 is 1. The standard InChI is InChI=1S/C14H14O3/c1-9(15)4-6-13-10(2)12-8-11(16-3)5-7-14(12)17-13/h4-8H,1-3H3/b6-4+. The smallest absolute Gasteiger partial charge is 0.152 e. The van der Waals surface area contributed by atoms with Crippen molar-refractivity contribution in [3.8, 4) is 5.75 Å². The summed E-state index contributed by atoms with van der Waals surface area (Å²) in [6.07, 6.45) is 3.20. The van der Waals surface area contributed by atoms with Crippen LogP contribution in [0.3, 0.4) is 0 Å². The lowest BCUT2D eigenvalue weighted by Crippen LogP contribution is -1.81. The Hall–Kier alpha value is -2.03. The van der Waals surface area contributed by atoms with Crippen molar-refractivity contribution in [2.24, 2.45) is 0 Å². The number of fused-ring (bicyclic) bond motifs is 1. The van der Waals surface area contributed by atoms with Crippen molar-refractivity contribution < 1.29 is 13.9 Å². The molecule has 1 heterocycles. The van der Waals surface area contributed by atoms with Gasteiger partial charge in [-0.05, 0) is 44.2 Å². The van der Waals surface area contributed by atoms with E-state index in [2.05, 4.69) is 0 Å². The van der Waals surface area contributed by atoms with Crippen molar-refractivity contribution in [2.45, 2.75) is 13.8 Å². The summed E-state index contributed by atoms with van der Waals surface area (Å²) in [5.74, 6) is 1.51. The molecule has 0 spiro atoms. The Kier molecular flexibility index (Phi) is 3.00. The summed E-state index contributed by atoms with van der Waals surface area (Å²) in [4.78, 5) is 10.9. The van der Waals surface area contributed by atoms with Crippen LogP contribution in [0, 0.1) is 6.92 Å². The van der Waals surface area contributed by atoms with E-state index in [1.165, 1.54) is 13.0 Å². The summed E-state index contributed by atoms with van der Waals surface area (Å²) in [5.41, 5.74) is 1.81. The highest BCUT2D eigenvalue weighted by molar-refractivity contribution is 5.93. The van der Waals surface area contributed by atoms with E-state index in [9.17, 15) is 4.79 Å². The SMILES string of the molecule is COc1ccc2oc(/C=C/C(C)=O)c(C)c2c1. The molecule has 17 heavy (non-hydrogen) atoms. The van der Waals surface area contributed by atoms with E-state index in [1.54, 1.807) is 13.2 Å². The van der Waals surface area contributed by atoms with Gasteiger partial charge in [0.15, 0.2) is 5.78 Å². The molecule has 3 heteroatoms. The van der Waals surface area contributed by atoms with Gasteiger partial charge in [0.05, 0.1) is 7.11 Å². The number of hydrogen-bond acceptors (Lipinski definition) is 3. The Morgan fingerprint density at radius 1 is 1.41 bits per heavy atom. The fourth-order valence-electron chi connectivity index (χ4n) is 1.70. The number of furan rings is 1. The molecular weight excluding hydrogens is 216 g/mol. The zero-order chi connectivity index (χ0) is 12.4. The van der Waals surface area contributed by atoms with E-state index < -0.39 is 0 Å². The molecule has 0 aliphatic carbocycles. The quantitative estimate of drug-likeness (QED) is 0.759. The van der Waals surface area contributed by atoms with Gasteiger partial charge in [0, 0.05) is 10.9 Å². The van der Waals surface area contributed by atoms with Crippen molar-refractivity contribution >= 4 is 22.8 Å². The van der Waals surface area contributed by atoms with Crippen LogP contribution in [0.25, 0.3) is 17.0 Å². The molecule has 1 aromatic carbocycles.